The van der Waals surface area contributed by atoms with Gasteiger partial charge in [-0.1, -0.05) is 0 Å². The molecule has 0 unspecified atom stereocenters. The third kappa shape index (κ3) is 4.00. The van der Waals surface area contributed by atoms with Gasteiger partial charge < -0.3 is 4.90 Å². The summed E-state index contributed by atoms with van der Waals surface area (Å²) in [6.45, 7) is 4.35. The van der Waals surface area contributed by atoms with E-state index in [-0.39, 0.29) is 0 Å². The smallest absolute Gasteiger partial charge is 0.211 e. The molecule has 0 aromatic carbocycles. The van der Waals surface area contributed by atoms with Crippen molar-refractivity contribution in [3.05, 3.63) is 16.1 Å². The number of piperidine rings is 1. The highest BCUT2D eigenvalue weighted by atomic mass is 32.2. The number of sulfonamides is 1. The quantitative estimate of drug-likeness (QED) is 0.822. The van der Waals surface area contributed by atoms with Crippen LogP contribution in [0.3, 0.4) is 0 Å². The second-order valence-corrected chi connectivity index (χ2v) is 8.41. The van der Waals surface area contributed by atoms with E-state index in [1.807, 2.05) is 5.51 Å². The molecule has 0 saturated carbocycles. The van der Waals surface area contributed by atoms with Crippen LogP contribution in [0.25, 0.3) is 0 Å². The van der Waals surface area contributed by atoms with Crippen LogP contribution < -0.4 is 0 Å². The molecular formula is C13H23N3O2S2. The van der Waals surface area contributed by atoms with Gasteiger partial charge in [0.2, 0.25) is 10.0 Å². The zero-order valence-corrected chi connectivity index (χ0v) is 14.0. The minimum atomic E-state index is -3.02. The van der Waals surface area contributed by atoms with Crippen LogP contribution in [0, 0.1) is 6.92 Å². The highest BCUT2D eigenvalue weighted by molar-refractivity contribution is 7.88. The van der Waals surface area contributed by atoms with Crippen molar-refractivity contribution in [3.8, 4) is 0 Å². The molecule has 0 spiro atoms. The van der Waals surface area contributed by atoms with E-state index in [1.54, 1.807) is 15.6 Å². The van der Waals surface area contributed by atoms with Crippen molar-refractivity contribution in [2.45, 2.75) is 32.2 Å². The van der Waals surface area contributed by atoms with E-state index in [1.165, 1.54) is 11.1 Å². The molecule has 0 atom stereocenters. The zero-order chi connectivity index (χ0) is 14.8. The Balaban J connectivity index is 1.80. The van der Waals surface area contributed by atoms with Crippen molar-refractivity contribution < 1.29 is 8.42 Å². The first-order valence-corrected chi connectivity index (χ1v) is 9.65. The molecule has 1 saturated heterocycles. The van der Waals surface area contributed by atoms with E-state index < -0.39 is 10.0 Å². The molecule has 0 bridgehead atoms. The number of thiazole rings is 1. The molecule has 0 amide bonds. The van der Waals surface area contributed by atoms with Crippen LogP contribution in [0.15, 0.2) is 5.51 Å². The summed E-state index contributed by atoms with van der Waals surface area (Å²) in [7, 11) is -0.884. The van der Waals surface area contributed by atoms with Crippen LogP contribution in [0.5, 0.6) is 0 Å². The molecule has 7 heteroatoms. The molecule has 0 radical (unpaired) electrons. The van der Waals surface area contributed by atoms with Gasteiger partial charge in [0, 0.05) is 30.6 Å². The van der Waals surface area contributed by atoms with Gasteiger partial charge in [0.05, 0.1) is 17.5 Å². The van der Waals surface area contributed by atoms with Crippen molar-refractivity contribution in [1.29, 1.82) is 0 Å². The summed E-state index contributed by atoms with van der Waals surface area (Å²) in [5.74, 6) is 0. The molecule has 0 N–H and O–H groups in total. The molecule has 1 aliphatic rings. The number of likely N-dealkylation sites (N-methyl/N-ethyl adjacent to an activating group) is 1. The zero-order valence-electron chi connectivity index (χ0n) is 12.4. The number of hydrogen-bond acceptors (Lipinski definition) is 5. The summed E-state index contributed by atoms with van der Waals surface area (Å²) in [4.78, 5) is 7.98. The van der Waals surface area contributed by atoms with Crippen molar-refractivity contribution in [1.82, 2.24) is 14.2 Å². The topological polar surface area (TPSA) is 53.5 Å². The van der Waals surface area contributed by atoms with E-state index in [2.05, 4.69) is 23.9 Å². The highest BCUT2D eigenvalue weighted by Gasteiger charge is 2.26. The fraction of sp³-hybridized carbons (Fsp3) is 0.769. The van der Waals surface area contributed by atoms with Crippen LogP contribution >= 0.6 is 11.3 Å². The Labute approximate surface area is 125 Å². The summed E-state index contributed by atoms with van der Waals surface area (Å²) in [6.07, 6.45) is 4.17. The lowest BCUT2D eigenvalue weighted by molar-refractivity contribution is 0.170. The van der Waals surface area contributed by atoms with Crippen LogP contribution in [0.2, 0.25) is 0 Å². The molecular weight excluding hydrogens is 294 g/mol. The number of aromatic nitrogens is 1. The summed E-state index contributed by atoms with van der Waals surface area (Å²) in [5.41, 5.74) is 3.03. The van der Waals surface area contributed by atoms with Crippen LogP contribution in [-0.2, 0) is 16.4 Å². The highest BCUT2D eigenvalue weighted by Crippen LogP contribution is 2.19. The van der Waals surface area contributed by atoms with Crippen molar-refractivity contribution in [2.24, 2.45) is 0 Å². The Morgan fingerprint density at radius 2 is 2.10 bits per heavy atom. The Morgan fingerprint density at radius 1 is 1.45 bits per heavy atom. The normalized spacial score (nSPS) is 18.8. The number of aryl methyl sites for hydroxylation is 1. The van der Waals surface area contributed by atoms with Gasteiger partial charge in [0.15, 0.2) is 0 Å². The van der Waals surface area contributed by atoms with Crippen LogP contribution in [0.4, 0.5) is 0 Å². The second-order valence-electron chi connectivity index (χ2n) is 5.48. The summed E-state index contributed by atoms with van der Waals surface area (Å²) in [6, 6.07) is 0.487. The van der Waals surface area contributed by atoms with E-state index >= 15 is 0 Å². The molecule has 1 aromatic rings. The Kier molecular flexibility index (Phi) is 5.17. The van der Waals surface area contributed by atoms with Crippen molar-refractivity contribution in [2.75, 3.05) is 32.9 Å². The van der Waals surface area contributed by atoms with E-state index in [4.69, 9.17) is 0 Å². The van der Waals surface area contributed by atoms with Gasteiger partial charge in [0.25, 0.3) is 0 Å². The standard InChI is InChI=1S/C13H23N3O2S2/c1-11-13(19-10-14-11)6-7-15(2)12-4-8-16(9-5-12)20(3,17)18/h10,12H,4-9H2,1-3H3. The van der Waals surface area contributed by atoms with Gasteiger partial charge in [0.1, 0.15) is 0 Å². The molecule has 5 nitrogen and oxygen atoms in total. The fourth-order valence-corrected chi connectivity index (χ4v) is 4.29. The maximum atomic E-state index is 11.5. The van der Waals surface area contributed by atoms with Crippen molar-refractivity contribution in [3.63, 3.8) is 0 Å². The predicted octanol–water partition coefficient (Wildman–Crippen LogP) is 1.35. The molecule has 2 heterocycles. The molecule has 20 heavy (non-hydrogen) atoms. The predicted molar refractivity (Wildman–Crippen MR) is 82.6 cm³/mol. The minimum absolute atomic E-state index is 0.487. The van der Waals surface area contributed by atoms with Crippen LogP contribution in [0.1, 0.15) is 23.4 Å². The molecule has 0 aliphatic carbocycles. The maximum Gasteiger partial charge on any atom is 0.211 e. The molecule has 114 valence electrons. The molecule has 1 aromatic heterocycles. The fourth-order valence-electron chi connectivity index (χ4n) is 2.64. The second kappa shape index (κ2) is 6.51. The first-order chi connectivity index (χ1) is 9.38. The van der Waals surface area contributed by atoms with Gasteiger partial charge in [-0.3, -0.25) is 0 Å². The van der Waals surface area contributed by atoms with E-state index in [0.717, 1.165) is 31.5 Å². The van der Waals surface area contributed by atoms with Gasteiger partial charge >= 0.3 is 0 Å². The third-order valence-electron chi connectivity index (χ3n) is 4.05. The average Bonchev–Trinajstić information content (AvgIpc) is 2.81. The minimum Gasteiger partial charge on any atom is -0.303 e. The Hall–Kier alpha value is -0.500. The number of rotatable bonds is 5. The van der Waals surface area contributed by atoms with E-state index in [0.29, 0.717) is 19.1 Å². The Bertz CT molecular complexity index is 534. The van der Waals surface area contributed by atoms with E-state index in [9.17, 15) is 8.42 Å². The largest absolute Gasteiger partial charge is 0.303 e. The third-order valence-corrected chi connectivity index (χ3v) is 6.35. The summed E-state index contributed by atoms with van der Waals surface area (Å²) in [5, 5.41) is 0. The monoisotopic (exact) mass is 317 g/mol. The van der Waals surface area contributed by atoms with Gasteiger partial charge in [-0.2, -0.15) is 0 Å². The molecule has 1 fully saturated rings. The lowest BCUT2D eigenvalue weighted by atomic mass is 10.1. The summed E-state index contributed by atoms with van der Waals surface area (Å²) < 4.78 is 24.6. The lowest BCUT2D eigenvalue weighted by Crippen LogP contribution is -2.45. The SMILES string of the molecule is Cc1ncsc1CCN(C)C1CCN(S(C)(=O)=O)CC1. The van der Waals surface area contributed by atoms with Gasteiger partial charge in [-0.05, 0) is 33.2 Å². The first-order valence-electron chi connectivity index (χ1n) is 6.92. The number of hydrogen-bond donors (Lipinski definition) is 0. The summed E-state index contributed by atoms with van der Waals surface area (Å²) >= 11 is 1.72. The molecule has 2 rings (SSSR count). The lowest BCUT2D eigenvalue weighted by Gasteiger charge is -2.35. The number of nitrogens with zero attached hydrogens (tertiary/aromatic N) is 3. The first kappa shape index (κ1) is 15.9. The maximum absolute atomic E-state index is 11.5. The van der Waals surface area contributed by atoms with Crippen molar-refractivity contribution >= 4 is 21.4 Å². The van der Waals surface area contributed by atoms with Gasteiger partial charge in [-0.25, -0.2) is 17.7 Å². The van der Waals surface area contributed by atoms with Crippen LogP contribution in [-0.4, -0.2) is 61.6 Å². The average molecular weight is 317 g/mol. The van der Waals surface area contributed by atoms with Gasteiger partial charge in [-0.15, -0.1) is 11.3 Å². The Morgan fingerprint density at radius 3 is 2.60 bits per heavy atom. The molecule has 1 aliphatic heterocycles.